The Kier molecular flexibility index (Phi) is 9.86. The highest BCUT2D eigenvalue weighted by atomic mass is 31.2. The zero-order valence-corrected chi connectivity index (χ0v) is 16.0. The number of nitrogens with two attached hydrogens (primary N) is 1. The maximum atomic E-state index is 12.3. The molecule has 4 N–H and O–H groups in total. The Morgan fingerprint density at radius 1 is 1.28 bits per heavy atom. The van der Waals surface area contributed by atoms with Crippen LogP contribution in [0.15, 0.2) is 30.5 Å². The summed E-state index contributed by atoms with van der Waals surface area (Å²) in [4.78, 5) is 0. The molecule has 1 aromatic carbocycles. The lowest BCUT2D eigenvalue weighted by Crippen LogP contribution is -2.29. The lowest BCUT2D eigenvalue weighted by Gasteiger charge is -2.15. The molecule has 0 unspecified atom stereocenters. The molecule has 0 spiro atoms. The molecule has 25 heavy (non-hydrogen) atoms. The molecule has 1 aromatic rings. The van der Waals surface area contributed by atoms with Crippen LogP contribution < -0.4 is 15.7 Å². The first kappa shape index (κ1) is 21.7. The van der Waals surface area contributed by atoms with E-state index in [0.717, 1.165) is 5.56 Å². The van der Waals surface area contributed by atoms with Crippen molar-refractivity contribution in [2.45, 2.75) is 33.6 Å². The molecule has 7 nitrogen and oxygen atoms in total. The van der Waals surface area contributed by atoms with Crippen molar-refractivity contribution in [3.8, 4) is 5.75 Å². The molecular formula is C16H28BN2O5P. The summed E-state index contributed by atoms with van der Waals surface area (Å²) >= 11 is 0. The first-order valence-electron chi connectivity index (χ1n) is 8.39. The van der Waals surface area contributed by atoms with Crippen molar-refractivity contribution in [1.82, 2.24) is 5.23 Å². The molecule has 0 radical (unpaired) electrons. The summed E-state index contributed by atoms with van der Waals surface area (Å²) in [6, 6.07) is 5.36. The molecule has 1 rings (SSSR count). The summed E-state index contributed by atoms with van der Waals surface area (Å²) in [7, 11) is -3.62. The Morgan fingerprint density at radius 3 is 2.56 bits per heavy atom. The van der Waals surface area contributed by atoms with Crippen molar-refractivity contribution in [3.05, 3.63) is 36.1 Å². The van der Waals surface area contributed by atoms with Gasteiger partial charge in [0, 0.05) is 18.3 Å². The molecule has 0 aromatic heterocycles. The topological polar surface area (TPSA) is 103 Å². The van der Waals surface area contributed by atoms with Crippen molar-refractivity contribution >= 4 is 20.3 Å². The van der Waals surface area contributed by atoms with E-state index in [9.17, 15) is 9.59 Å². The second-order valence-electron chi connectivity index (χ2n) is 5.42. The molecule has 0 atom stereocenters. The van der Waals surface area contributed by atoms with E-state index in [1.165, 1.54) is 6.26 Å². The van der Waals surface area contributed by atoms with Crippen LogP contribution >= 0.6 is 7.60 Å². The summed E-state index contributed by atoms with van der Waals surface area (Å²) in [5.74, 6) is 0.594. The van der Waals surface area contributed by atoms with Crippen LogP contribution in [0.2, 0.25) is 6.82 Å². The summed E-state index contributed by atoms with van der Waals surface area (Å²) in [5.41, 5.74) is 7.33. The summed E-state index contributed by atoms with van der Waals surface area (Å²) in [5, 5.41) is 12.2. The zero-order chi connectivity index (χ0) is 18.7. The molecule has 0 amide bonds. The molecule has 140 valence electrons. The van der Waals surface area contributed by atoms with Gasteiger partial charge in [-0.3, -0.25) is 4.57 Å². The Bertz CT molecular complexity index is 588. The molecule has 0 fully saturated rings. The molecular weight excluding hydrogens is 342 g/mol. The van der Waals surface area contributed by atoms with Crippen molar-refractivity contribution in [2.75, 3.05) is 25.1 Å². The molecule has 0 bridgehead atoms. The van der Waals surface area contributed by atoms with Gasteiger partial charge in [-0.15, -0.1) is 0 Å². The standard InChI is InChI=1S/C16H28BN2O5P/c1-4-23-25(21,24-5-2)9-7-6-8-22-16-11-14(10-15(18)12-16)13-19-17(3)20/h6,8,10-12,19-20H,4-5,7,9,13,18H2,1-3H3/b8-6+. The van der Waals surface area contributed by atoms with E-state index >= 15 is 0 Å². The smallest absolute Gasteiger partial charge is 0.373 e. The number of ether oxygens (including phenoxy) is 1. The number of anilines is 1. The molecule has 0 saturated carbocycles. The van der Waals surface area contributed by atoms with E-state index in [2.05, 4.69) is 5.23 Å². The van der Waals surface area contributed by atoms with Gasteiger partial charge in [0.05, 0.1) is 25.6 Å². The number of hydrogen-bond donors (Lipinski definition) is 3. The number of nitrogens with one attached hydrogen (secondary N) is 1. The van der Waals surface area contributed by atoms with Gasteiger partial charge < -0.3 is 29.8 Å². The van der Waals surface area contributed by atoms with Crippen LogP contribution in [0.4, 0.5) is 5.69 Å². The fraction of sp³-hybridized carbons (Fsp3) is 0.500. The van der Waals surface area contributed by atoms with Gasteiger partial charge in [-0.05, 0) is 50.9 Å². The van der Waals surface area contributed by atoms with Crippen molar-refractivity contribution in [3.63, 3.8) is 0 Å². The second kappa shape index (κ2) is 11.3. The van der Waals surface area contributed by atoms with Gasteiger partial charge in [0.2, 0.25) is 0 Å². The number of benzene rings is 1. The fourth-order valence-electron chi connectivity index (χ4n) is 2.11. The van der Waals surface area contributed by atoms with Crippen LogP contribution in [0.3, 0.4) is 0 Å². The second-order valence-corrected chi connectivity index (χ2v) is 7.60. The van der Waals surface area contributed by atoms with E-state index in [4.69, 9.17) is 19.5 Å². The number of nitrogen functional groups attached to an aromatic ring is 1. The van der Waals surface area contributed by atoms with Crippen LogP contribution in [0.5, 0.6) is 5.75 Å². The number of allylic oxidation sites excluding steroid dienone is 1. The first-order valence-corrected chi connectivity index (χ1v) is 10.1. The van der Waals surface area contributed by atoms with E-state index in [0.29, 0.717) is 43.8 Å². The van der Waals surface area contributed by atoms with Crippen LogP contribution in [-0.2, 0) is 20.2 Å². The van der Waals surface area contributed by atoms with Crippen LogP contribution in [0.1, 0.15) is 25.8 Å². The zero-order valence-electron chi connectivity index (χ0n) is 15.1. The third-order valence-corrected chi connectivity index (χ3v) is 5.22. The number of hydrogen-bond acceptors (Lipinski definition) is 7. The molecule has 0 aliphatic carbocycles. The highest BCUT2D eigenvalue weighted by molar-refractivity contribution is 7.53. The van der Waals surface area contributed by atoms with Gasteiger partial charge >= 0.3 is 14.6 Å². The van der Waals surface area contributed by atoms with Crippen molar-refractivity contribution in [2.24, 2.45) is 0 Å². The van der Waals surface area contributed by atoms with Gasteiger partial charge in [-0.2, -0.15) is 0 Å². The van der Waals surface area contributed by atoms with Crippen LogP contribution in [0, 0.1) is 0 Å². The lowest BCUT2D eigenvalue weighted by molar-refractivity contribution is 0.220. The van der Waals surface area contributed by atoms with E-state index in [1.807, 2.05) is 12.1 Å². The van der Waals surface area contributed by atoms with Gasteiger partial charge in [0.1, 0.15) is 5.75 Å². The van der Waals surface area contributed by atoms with E-state index in [1.54, 1.807) is 32.8 Å². The van der Waals surface area contributed by atoms with Crippen molar-refractivity contribution < 1.29 is 23.4 Å². The van der Waals surface area contributed by atoms with E-state index in [-0.39, 0.29) is 0 Å². The molecule has 0 aliphatic heterocycles. The largest absolute Gasteiger partial charge is 0.465 e. The highest BCUT2D eigenvalue weighted by Gasteiger charge is 2.21. The predicted octanol–water partition coefficient (Wildman–Crippen LogP) is 3.02. The fourth-order valence-corrected chi connectivity index (χ4v) is 3.69. The lowest BCUT2D eigenvalue weighted by atomic mass is 9.88. The SMILES string of the molecule is CCOP(=O)(CC/C=C/Oc1cc(N)cc(CNB(C)O)c1)OCC. The van der Waals surface area contributed by atoms with E-state index < -0.39 is 14.6 Å². The highest BCUT2D eigenvalue weighted by Crippen LogP contribution is 2.48. The molecule has 0 aliphatic rings. The van der Waals surface area contributed by atoms with Crippen LogP contribution in [0.25, 0.3) is 0 Å². The summed E-state index contributed by atoms with van der Waals surface area (Å²) < 4.78 is 28.3. The normalized spacial score (nSPS) is 11.8. The molecule has 0 saturated heterocycles. The Hall–Kier alpha value is -1.31. The van der Waals surface area contributed by atoms with Gasteiger partial charge in [0.25, 0.3) is 0 Å². The maximum absolute atomic E-state index is 12.3. The summed E-state index contributed by atoms with van der Waals surface area (Å²) in [6.07, 6.45) is 4.11. The quantitative estimate of drug-likeness (QED) is 0.225. The van der Waals surface area contributed by atoms with Gasteiger partial charge in [-0.1, -0.05) is 0 Å². The third kappa shape index (κ3) is 9.09. The third-order valence-electron chi connectivity index (χ3n) is 3.11. The summed E-state index contributed by atoms with van der Waals surface area (Å²) in [6.45, 7) is 6.40. The minimum absolute atomic E-state index is 0.301. The monoisotopic (exact) mass is 370 g/mol. The maximum Gasteiger partial charge on any atom is 0.373 e. The minimum Gasteiger partial charge on any atom is -0.465 e. The Labute approximate surface area is 150 Å². The molecule has 9 heteroatoms. The average Bonchev–Trinajstić information content (AvgIpc) is 2.52. The Balaban J connectivity index is 2.54. The van der Waals surface area contributed by atoms with Gasteiger partial charge in [0.15, 0.2) is 0 Å². The van der Waals surface area contributed by atoms with Crippen molar-refractivity contribution in [1.29, 1.82) is 0 Å². The molecule has 0 heterocycles. The van der Waals surface area contributed by atoms with Crippen LogP contribution in [-0.4, -0.2) is 31.5 Å². The predicted molar refractivity (Wildman–Crippen MR) is 102 cm³/mol. The first-order chi connectivity index (χ1) is 11.9. The Morgan fingerprint density at radius 2 is 1.96 bits per heavy atom. The minimum atomic E-state index is -3.02. The average molecular weight is 370 g/mol. The number of rotatable bonds is 12. The van der Waals surface area contributed by atoms with Gasteiger partial charge in [-0.25, -0.2) is 0 Å².